The summed E-state index contributed by atoms with van der Waals surface area (Å²) in [6.45, 7) is 2.35. The maximum atomic E-state index is 8.16. The van der Waals surface area contributed by atoms with E-state index in [0.29, 0.717) is 5.69 Å². The van der Waals surface area contributed by atoms with Crippen LogP contribution in [0, 0.1) is 12.1 Å². The molecule has 0 aliphatic carbocycles. The summed E-state index contributed by atoms with van der Waals surface area (Å²) in [6.07, 6.45) is 1.89. The first kappa shape index (κ1) is 29.3. The monoisotopic (exact) mass is 842 g/mol. The number of benzene rings is 6. The van der Waals surface area contributed by atoms with Gasteiger partial charge in [-0.3, -0.25) is 0 Å². The van der Waals surface area contributed by atoms with Gasteiger partial charge in [0.25, 0.3) is 0 Å². The van der Waals surface area contributed by atoms with E-state index in [1.807, 2.05) is 53.6 Å². The molecule has 2 aromatic heterocycles. The van der Waals surface area contributed by atoms with Crippen LogP contribution in [0.2, 0.25) is 0 Å². The summed E-state index contributed by atoms with van der Waals surface area (Å²) < 4.78 is 26.7. The molecule has 1 aliphatic rings. The van der Waals surface area contributed by atoms with E-state index >= 15 is 0 Å². The number of fused-ring (bicyclic) bond motifs is 4. The minimum absolute atomic E-state index is 0. The Morgan fingerprint density at radius 3 is 2.18 bits per heavy atom. The van der Waals surface area contributed by atoms with Gasteiger partial charge in [-0.25, -0.2) is 4.98 Å². The summed E-state index contributed by atoms with van der Waals surface area (Å²) in [4.78, 5) is 8.44. The molecule has 3 heterocycles. The average molecular weight is 843 g/mol. The van der Waals surface area contributed by atoms with Gasteiger partial charge in [-0.15, -0.1) is 11.5 Å². The summed E-state index contributed by atoms with van der Waals surface area (Å²) in [5, 5.41) is 2.24. The fourth-order valence-electron chi connectivity index (χ4n) is 7.35. The Labute approximate surface area is 318 Å². The second-order valence-electron chi connectivity index (χ2n) is 13.4. The Balaban J connectivity index is 0.00000413. The molecular weight excluding hydrogens is 804 g/mol. The number of nitrogens with zero attached hydrogens (tertiary/aromatic N) is 4. The Hall–Kier alpha value is -5.44. The molecule has 0 spiro atoms. The molecule has 0 saturated heterocycles. The number of para-hydroxylation sites is 3. The molecule has 0 fully saturated rings. The second kappa shape index (κ2) is 13.0. The van der Waals surface area contributed by atoms with Crippen molar-refractivity contribution in [3.63, 3.8) is 0 Å². The summed E-state index contributed by atoms with van der Waals surface area (Å²) >= 11 is 0. The molecule has 51 heavy (non-hydrogen) atoms. The van der Waals surface area contributed by atoms with Crippen LogP contribution in [-0.4, -0.2) is 23.2 Å². The van der Waals surface area contributed by atoms with Gasteiger partial charge in [0.1, 0.15) is 5.82 Å². The molecular formula is C46H36N4Pt. The average Bonchev–Trinajstić information content (AvgIpc) is 3.75. The molecule has 4 nitrogen and oxygen atoms in total. The molecule has 0 N–H and O–H groups in total. The second-order valence-corrected chi connectivity index (χ2v) is 13.4. The van der Waals surface area contributed by atoms with Crippen molar-refractivity contribution in [3.05, 3.63) is 175 Å². The third kappa shape index (κ3) is 5.55. The van der Waals surface area contributed by atoms with E-state index in [1.54, 1.807) is 0 Å². The Morgan fingerprint density at radius 1 is 0.647 bits per heavy atom. The number of anilines is 3. The molecule has 0 bridgehead atoms. The smallest absolute Gasteiger partial charge is 0.355 e. The van der Waals surface area contributed by atoms with E-state index < -0.39 is 12.4 Å². The number of pyridine rings is 1. The zero-order valence-corrected chi connectivity index (χ0v) is 30.5. The van der Waals surface area contributed by atoms with Gasteiger partial charge in [0, 0.05) is 22.8 Å². The molecule has 250 valence electrons. The Kier molecular flexibility index (Phi) is 7.49. The predicted octanol–water partition coefficient (Wildman–Crippen LogP) is 11.0. The molecule has 0 unspecified atom stereocenters. The van der Waals surface area contributed by atoms with Crippen LogP contribution in [0.15, 0.2) is 152 Å². The Morgan fingerprint density at radius 2 is 1.35 bits per heavy atom. The summed E-state index contributed by atoms with van der Waals surface area (Å²) in [5.74, 6) is 0.822. The van der Waals surface area contributed by atoms with Crippen molar-refractivity contribution in [1.82, 2.24) is 9.55 Å². The van der Waals surface area contributed by atoms with Gasteiger partial charge < -0.3 is 14.4 Å². The van der Waals surface area contributed by atoms with E-state index in [4.69, 9.17) is 9.10 Å². The van der Waals surface area contributed by atoms with Crippen molar-refractivity contribution in [2.24, 2.45) is 0 Å². The largest absolute Gasteiger partial charge is 2.00 e. The number of hydrogen-bond acceptors (Lipinski definition) is 3. The molecule has 0 atom stereocenters. The van der Waals surface area contributed by atoms with E-state index in [1.165, 1.54) is 16.0 Å². The van der Waals surface area contributed by atoms with E-state index in [-0.39, 0.29) is 27.7 Å². The number of hydrogen-bond donors (Lipinski definition) is 0. The van der Waals surface area contributed by atoms with Crippen LogP contribution < -0.4 is 9.80 Å². The normalized spacial score (nSPS) is 13.8. The molecule has 6 aromatic carbocycles. The summed E-state index contributed by atoms with van der Waals surface area (Å²) in [5.41, 5.74) is 10.5. The summed E-state index contributed by atoms with van der Waals surface area (Å²) in [7, 11) is 0. The first-order valence-corrected chi connectivity index (χ1v) is 16.9. The zero-order chi connectivity index (χ0) is 36.3. The maximum absolute atomic E-state index is 8.16. The van der Waals surface area contributed by atoms with Gasteiger partial charge in [0.05, 0.1) is 18.0 Å². The minimum Gasteiger partial charge on any atom is -0.355 e. The molecule has 0 radical (unpaired) electrons. The van der Waals surface area contributed by atoms with Gasteiger partial charge in [0.2, 0.25) is 0 Å². The van der Waals surface area contributed by atoms with Crippen molar-refractivity contribution in [2.45, 2.75) is 19.3 Å². The van der Waals surface area contributed by atoms with Crippen LogP contribution in [0.3, 0.4) is 0 Å². The van der Waals surface area contributed by atoms with E-state index in [0.717, 1.165) is 61.3 Å². The standard InChI is InChI=1S/C46H36N4.Pt/c1-46(2,34-16-13-17-36(29-34)49-31-48(3)42-22-11-12-23-43(42)49)35-24-25-40-39-20-9-10-21-41(39)50(44(40)30-35)45-28-33(26-27-47-45)38-19-8-7-18-37(38)32-14-5-4-6-15-32;/h4-28H,31H2,1-3H3;/q-2;+2/i3D3;. The maximum Gasteiger partial charge on any atom is 2.00 e. The number of aromatic nitrogens is 2. The van der Waals surface area contributed by atoms with Crippen LogP contribution in [0.1, 0.15) is 29.1 Å². The fourth-order valence-corrected chi connectivity index (χ4v) is 7.35. The van der Waals surface area contributed by atoms with E-state index in [9.17, 15) is 0 Å². The van der Waals surface area contributed by atoms with Crippen LogP contribution >= 0.6 is 0 Å². The SMILES string of the molecule is [2H]C([2H])([2H])N1CN(c2[c-]c(C(C)(C)c3[c-]c4c(cc3)c3ccccc3n4-c3cc(-c4ccccc4-c4ccccc4)ccn3)ccc2)c2ccccc21.[Pt+2]. The van der Waals surface area contributed by atoms with Gasteiger partial charge >= 0.3 is 21.1 Å². The minimum atomic E-state index is -2.26. The van der Waals surface area contributed by atoms with Gasteiger partial charge in [-0.05, 0) is 63.4 Å². The first-order chi connectivity index (χ1) is 25.7. The first-order valence-electron chi connectivity index (χ1n) is 18.4. The van der Waals surface area contributed by atoms with Crippen LogP contribution in [0.25, 0.3) is 49.9 Å². The molecule has 5 heteroatoms. The van der Waals surface area contributed by atoms with E-state index in [2.05, 4.69) is 134 Å². The van der Waals surface area contributed by atoms with Crippen molar-refractivity contribution < 1.29 is 25.2 Å². The predicted molar refractivity (Wildman–Crippen MR) is 208 cm³/mol. The summed E-state index contributed by atoms with van der Waals surface area (Å²) in [6, 6.07) is 57.4. The van der Waals surface area contributed by atoms with Gasteiger partial charge in [-0.2, -0.15) is 47.5 Å². The molecule has 8 aromatic rings. The fraction of sp³-hybridized carbons (Fsp3) is 0.109. The Bertz CT molecular complexity index is 2650. The van der Waals surface area contributed by atoms with Gasteiger partial charge in [-0.1, -0.05) is 110 Å². The van der Waals surface area contributed by atoms with Gasteiger partial charge in [0.15, 0.2) is 0 Å². The van der Waals surface area contributed by atoms with Crippen molar-refractivity contribution >= 4 is 38.9 Å². The van der Waals surface area contributed by atoms with Crippen LogP contribution in [0.4, 0.5) is 17.1 Å². The van der Waals surface area contributed by atoms with Crippen molar-refractivity contribution in [1.29, 1.82) is 0 Å². The molecule has 1 aliphatic heterocycles. The zero-order valence-electron chi connectivity index (χ0n) is 31.2. The molecule has 9 rings (SSSR count). The third-order valence-electron chi connectivity index (χ3n) is 10.0. The van der Waals surface area contributed by atoms with Crippen LogP contribution in [-0.2, 0) is 26.5 Å². The van der Waals surface area contributed by atoms with Crippen molar-refractivity contribution in [3.8, 4) is 28.1 Å². The van der Waals surface area contributed by atoms with Crippen molar-refractivity contribution in [2.75, 3.05) is 23.4 Å². The molecule has 0 saturated carbocycles. The van der Waals surface area contributed by atoms with Crippen LogP contribution in [0.5, 0.6) is 0 Å². The number of rotatable bonds is 6. The molecule has 0 amide bonds. The quantitative estimate of drug-likeness (QED) is 0.156. The topological polar surface area (TPSA) is 24.3 Å². The third-order valence-corrected chi connectivity index (χ3v) is 10.0.